The van der Waals surface area contributed by atoms with Gasteiger partial charge in [-0.05, 0) is 25.2 Å². The molecule has 1 amide bonds. The van der Waals surface area contributed by atoms with Crippen LogP contribution in [-0.2, 0) is 9.59 Å². The summed E-state index contributed by atoms with van der Waals surface area (Å²) in [6.45, 7) is 3.89. The zero-order chi connectivity index (χ0) is 17.8. The molecule has 1 aliphatic rings. The minimum absolute atomic E-state index is 0.0466. The van der Waals surface area contributed by atoms with E-state index in [1.807, 2.05) is 7.05 Å². The third-order valence-electron chi connectivity index (χ3n) is 4.39. The Balaban J connectivity index is 1.57. The number of amides is 1. The van der Waals surface area contributed by atoms with Crippen LogP contribution in [0.15, 0.2) is 18.2 Å². The van der Waals surface area contributed by atoms with E-state index < -0.39 is 11.9 Å². The first kappa shape index (κ1) is 17.7. The number of fused-ring (bicyclic) bond motifs is 1. The van der Waals surface area contributed by atoms with E-state index in [9.17, 15) is 14.7 Å². The molecule has 0 saturated carbocycles. The average molecular weight is 363 g/mol. The van der Waals surface area contributed by atoms with E-state index in [-0.39, 0.29) is 12.3 Å². The predicted octanol–water partition coefficient (Wildman–Crippen LogP) is 0.968. The lowest BCUT2D eigenvalue weighted by atomic mass is 10.0. The van der Waals surface area contributed by atoms with Crippen LogP contribution in [0.4, 0.5) is 5.69 Å². The van der Waals surface area contributed by atoms with Gasteiger partial charge in [-0.2, -0.15) is 8.75 Å². The molecular weight excluding hydrogens is 342 g/mol. The maximum Gasteiger partial charge on any atom is 0.308 e. The SMILES string of the molecule is CN1CCN(CC(CC(=O)Nc2ccc3nsnc3c2)C(=O)O)CC1. The first-order valence-corrected chi connectivity index (χ1v) is 8.90. The van der Waals surface area contributed by atoms with Crippen LogP contribution in [0.1, 0.15) is 6.42 Å². The normalized spacial score (nSPS) is 17.5. The number of benzene rings is 1. The summed E-state index contributed by atoms with van der Waals surface area (Å²) in [7, 11) is 2.05. The molecular formula is C16H21N5O3S. The minimum Gasteiger partial charge on any atom is -0.481 e. The fraction of sp³-hybridized carbons (Fsp3) is 0.500. The van der Waals surface area contributed by atoms with Crippen molar-refractivity contribution in [1.29, 1.82) is 0 Å². The lowest BCUT2D eigenvalue weighted by Gasteiger charge is -2.33. The average Bonchev–Trinajstić information content (AvgIpc) is 3.03. The van der Waals surface area contributed by atoms with Crippen LogP contribution >= 0.6 is 11.7 Å². The highest BCUT2D eigenvalue weighted by atomic mass is 32.1. The van der Waals surface area contributed by atoms with Crippen LogP contribution < -0.4 is 5.32 Å². The van der Waals surface area contributed by atoms with Crippen molar-refractivity contribution in [2.75, 3.05) is 45.1 Å². The van der Waals surface area contributed by atoms with Gasteiger partial charge in [0.05, 0.1) is 17.6 Å². The highest BCUT2D eigenvalue weighted by Crippen LogP contribution is 2.18. The van der Waals surface area contributed by atoms with Gasteiger partial charge in [0.15, 0.2) is 0 Å². The number of piperazine rings is 1. The third kappa shape index (κ3) is 4.71. The van der Waals surface area contributed by atoms with E-state index in [4.69, 9.17) is 0 Å². The Hall–Kier alpha value is -2.10. The molecule has 1 saturated heterocycles. The van der Waals surface area contributed by atoms with Crippen LogP contribution in [0, 0.1) is 5.92 Å². The van der Waals surface area contributed by atoms with E-state index >= 15 is 0 Å². The number of anilines is 1. The van der Waals surface area contributed by atoms with Crippen molar-refractivity contribution in [3.8, 4) is 0 Å². The number of carbonyl (C=O) groups is 2. The summed E-state index contributed by atoms with van der Waals surface area (Å²) in [5, 5.41) is 12.2. The summed E-state index contributed by atoms with van der Waals surface area (Å²) >= 11 is 1.12. The monoisotopic (exact) mass is 363 g/mol. The van der Waals surface area contributed by atoms with E-state index in [1.165, 1.54) is 0 Å². The Morgan fingerprint density at radius 3 is 2.68 bits per heavy atom. The number of rotatable bonds is 6. The fourth-order valence-electron chi connectivity index (χ4n) is 2.87. The van der Waals surface area contributed by atoms with Crippen LogP contribution in [0.3, 0.4) is 0 Å². The molecule has 2 aromatic rings. The Morgan fingerprint density at radius 2 is 1.96 bits per heavy atom. The molecule has 1 aromatic heterocycles. The van der Waals surface area contributed by atoms with E-state index in [0.717, 1.165) is 48.9 Å². The summed E-state index contributed by atoms with van der Waals surface area (Å²) in [5.41, 5.74) is 2.10. The molecule has 134 valence electrons. The zero-order valence-electron chi connectivity index (χ0n) is 14.0. The molecule has 1 aliphatic heterocycles. The highest BCUT2D eigenvalue weighted by molar-refractivity contribution is 7.00. The van der Waals surface area contributed by atoms with Gasteiger partial charge in [0.2, 0.25) is 5.91 Å². The van der Waals surface area contributed by atoms with Crippen LogP contribution in [0.25, 0.3) is 11.0 Å². The molecule has 2 N–H and O–H groups in total. The summed E-state index contributed by atoms with van der Waals surface area (Å²) in [5.74, 6) is -1.95. The van der Waals surface area contributed by atoms with Crippen LogP contribution in [0.2, 0.25) is 0 Å². The van der Waals surface area contributed by atoms with Gasteiger partial charge in [-0.15, -0.1) is 0 Å². The molecule has 0 aliphatic carbocycles. The van der Waals surface area contributed by atoms with Gasteiger partial charge in [0.1, 0.15) is 11.0 Å². The lowest BCUT2D eigenvalue weighted by molar-refractivity contribution is -0.144. The number of carbonyl (C=O) groups excluding carboxylic acids is 1. The Bertz CT molecular complexity index is 757. The largest absolute Gasteiger partial charge is 0.481 e. The summed E-state index contributed by atoms with van der Waals surface area (Å²) < 4.78 is 8.25. The smallest absolute Gasteiger partial charge is 0.308 e. The highest BCUT2D eigenvalue weighted by Gasteiger charge is 2.25. The topological polar surface area (TPSA) is 98.7 Å². The van der Waals surface area contributed by atoms with Crippen molar-refractivity contribution >= 4 is 40.3 Å². The molecule has 8 nitrogen and oxygen atoms in total. The number of nitrogens with zero attached hydrogens (tertiary/aromatic N) is 4. The van der Waals surface area contributed by atoms with Crippen LogP contribution in [-0.4, -0.2) is 75.3 Å². The molecule has 3 rings (SSSR count). The zero-order valence-corrected chi connectivity index (χ0v) is 14.8. The van der Waals surface area contributed by atoms with Gasteiger partial charge < -0.3 is 15.3 Å². The Morgan fingerprint density at radius 1 is 1.24 bits per heavy atom. The first-order chi connectivity index (χ1) is 12.0. The van der Waals surface area contributed by atoms with Gasteiger partial charge in [-0.3, -0.25) is 14.5 Å². The van der Waals surface area contributed by atoms with Crippen molar-refractivity contribution in [3.05, 3.63) is 18.2 Å². The van der Waals surface area contributed by atoms with Crippen molar-refractivity contribution in [3.63, 3.8) is 0 Å². The van der Waals surface area contributed by atoms with E-state index in [0.29, 0.717) is 12.2 Å². The lowest BCUT2D eigenvalue weighted by Crippen LogP contribution is -2.47. The molecule has 9 heteroatoms. The number of aliphatic carboxylic acids is 1. The van der Waals surface area contributed by atoms with Gasteiger partial charge in [0, 0.05) is 44.8 Å². The molecule has 0 spiro atoms. The quantitative estimate of drug-likeness (QED) is 0.789. The number of likely N-dealkylation sites (N-methyl/N-ethyl adjacent to an activating group) is 1. The molecule has 2 heterocycles. The summed E-state index contributed by atoms with van der Waals surface area (Å²) in [6, 6.07) is 5.28. The fourth-order valence-corrected chi connectivity index (χ4v) is 3.39. The second-order valence-corrected chi connectivity index (χ2v) is 6.89. The molecule has 1 unspecified atom stereocenters. The Labute approximate surface area is 149 Å². The standard InChI is InChI=1S/C16H21N5O3S/c1-20-4-6-21(7-5-20)10-11(16(23)24)8-15(22)17-12-2-3-13-14(9-12)19-25-18-13/h2-3,9,11H,4-8,10H2,1H3,(H,17,22)(H,23,24). The minimum atomic E-state index is -0.937. The van der Waals surface area contributed by atoms with Crippen molar-refractivity contribution in [2.24, 2.45) is 5.92 Å². The number of nitrogens with one attached hydrogen (secondary N) is 1. The number of carboxylic acid groups (broad SMARTS) is 1. The third-order valence-corrected chi connectivity index (χ3v) is 4.95. The van der Waals surface area contributed by atoms with E-state index in [1.54, 1.807) is 18.2 Å². The maximum absolute atomic E-state index is 12.3. The first-order valence-electron chi connectivity index (χ1n) is 8.17. The molecule has 0 bridgehead atoms. The molecule has 1 fully saturated rings. The predicted molar refractivity (Wildman–Crippen MR) is 95.7 cm³/mol. The maximum atomic E-state index is 12.3. The van der Waals surface area contributed by atoms with Crippen molar-refractivity contribution in [2.45, 2.75) is 6.42 Å². The molecule has 1 aromatic carbocycles. The second kappa shape index (κ2) is 7.85. The van der Waals surface area contributed by atoms with Gasteiger partial charge >= 0.3 is 5.97 Å². The van der Waals surface area contributed by atoms with Crippen LogP contribution in [0.5, 0.6) is 0 Å². The second-order valence-electron chi connectivity index (χ2n) is 6.36. The van der Waals surface area contributed by atoms with Crippen molar-refractivity contribution < 1.29 is 14.7 Å². The molecule has 1 atom stereocenters. The molecule has 0 radical (unpaired) electrons. The summed E-state index contributed by atoms with van der Waals surface area (Å²) in [6.07, 6.45) is -0.0466. The van der Waals surface area contributed by atoms with Gasteiger partial charge in [-0.1, -0.05) is 0 Å². The van der Waals surface area contributed by atoms with Crippen molar-refractivity contribution in [1.82, 2.24) is 18.5 Å². The number of hydrogen-bond donors (Lipinski definition) is 2. The molecule has 25 heavy (non-hydrogen) atoms. The Kier molecular flexibility index (Phi) is 5.57. The van der Waals surface area contributed by atoms with E-state index in [2.05, 4.69) is 23.9 Å². The summed E-state index contributed by atoms with van der Waals surface area (Å²) in [4.78, 5) is 28.1. The number of hydrogen-bond acceptors (Lipinski definition) is 7. The van der Waals surface area contributed by atoms with Gasteiger partial charge in [0.25, 0.3) is 0 Å². The van der Waals surface area contributed by atoms with Gasteiger partial charge in [-0.25, -0.2) is 0 Å². The number of aromatic nitrogens is 2. The number of carboxylic acids is 1.